The molecule has 106 valence electrons. The van der Waals surface area contributed by atoms with Gasteiger partial charge >= 0.3 is 0 Å². The number of carbonyl (C=O) groups is 1. The number of alkyl halides is 2. The lowest BCUT2D eigenvalue weighted by Gasteiger charge is -2.21. The Kier molecular flexibility index (Phi) is 5.46. The summed E-state index contributed by atoms with van der Waals surface area (Å²) in [6.45, 7) is 8.46. The van der Waals surface area contributed by atoms with Crippen molar-refractivity contribution in [3.8, 4) is 0 Å². The van der Waals surface area contributed by atoms with Crippen molar-refractivity contribution in [2.75, 3.05) is 0 Å². The minimum atomic E-state index is -1.31. The van der Waals surface area contributed by atoms with E-state index in [9.17, 15) is 4.79 Å². The molecule has 0 saturated carbocycles. The molecular formula is C16H22Cl2O. The van der Waals surface area contributed by atoms with Crippen molar-refractivity contribution in [3.05, 3.63) is 35.4 Å². The number of Topliss-reactive ketones (excluding diaryl/α,β-unsaturated/α-hetero) is 1. The number of benzene rings is 1. The molecule has 0 saturated heterocycles. The SMILES string of the molecule is CCCCC(Cl)(Cl)C(=O)c1ccc(C(C)(C)C)cc1. The maximum atomic E-state index is 12.3. The van der Waals surface area contributed by atoms with E-state index < -0.39 is 4.33 Å². The van der Waals surface area contributed by atoms with E-state index in [2.05, 4.69) is 20.8 Å². The Morgan fingerprint density at radius 3 is 2.05 bits per heavy atom. The molecule has 0 amide bonds. The molecule has 0 aliphatic carbocycles. The van der Waals surface area contributed by atoms with E-state index in [1.165, 1.54) is 5.56 Å². The first-order valence-electron chi connectivity index (χ1n) is 6.71. The summed E-state index contributed by atoms with van der Waals surface area (Å²) >= 11 is 12.3. The average Bonchev–Trinajstić information content (AvgIpc) is 2.34. The molecule has 0 aliphatic heterocycles. The van der Waals surface area contributed by atoms with E-state index in [0.717, 1.165) is 12.8 Å². The zero-order chi connectivity index (χ0) is 14.7. The van der Waals surface area contributed by atoms with E-state index in [-0.39, 0.29) is 11.2 Å². The Balaban J connectivity index is 2.89. The highest BCUT2D eigenvalue weighted by Gasteiger charge is 2.33. The molecule has 0 N–H and O–H groups in total. The molecule has 1 rings (SSSR count). The maximum Gasteiger partial charge on any atom is 0.198 e. The second-order valence-corrected chi connectivity index (χ2v) is 7.45. The van der Waals surface area contributed by atoms with Crippen molar-refractivity contribution >= 4 is 29.0 Å². The van der Waals surface area contributed by atoms with Crippen LogP contribution in [0.25, 0.3) is 0 Å². The standard InChI is InChI=1S/C16H22Cl2O/c1-5-6-11-16(17,18)14(19)12-7-9-13(10-8-12)15(2,3)4/h7-10H,5-6,11H2,1-4H3. The van der Waals surface area contributed by atoms with Gasteiger partial charge in [0.25, 0.3) is 0 Å². The molecule has 0 atom stereocenters. The van der Waals surface area contributed by atoms with E-state index in [4.69, 9.17) is 23.2 Å². The quantitative estimate of drug-likeness (QED) is 0.516. The van der Waals surface area contributed by atoms with Crippen molar-refractivity contribution in [1.82, 2.24) is 0 Å². The molecule has 0 bridgehead atoms. The van der Waals surface area contributed by atoms with Gasteiger partial charge in [-0.25, -0.2) is 0 Å². The summed E-state index contributed by atoms with van der Waals surface area (Å²) in [6.07, 6.45) is 2.31. The molecule has 3 heteroatoms. The molecule has 1 nitrogen and oxygen atoms in total. The second-order valence-electron chi connectivity index (χ2n) is 5.96. The van der Waals surface area contributed by atoms with Gasteiger partial charge in [-0.1, -0.05) is 88.0 Å². The first kappa shape index (κ1) is 16.5. The minimum absolute atomic E-state index is 0.0722. The zero-order valence-electron chi connectivity index (χ0n) is 12.1. The maximum absolute atomic E-state index is 12.3. The molecule has 0 heterocycles. The van der Waals surface area contributed by atoms with Crippen molar-refractivity contribution in [1.29, 1.82) is 0 Å². The van der Waals surface area contributed by atoms with Crippen LogP contribution in [-0.2, 0) is 5.41 Å². The summed E-state index contributed by atoms with van der Waals surface area (Å²) < 4.78 is -1.31. The molecule has 1 aromatic rings. The smallest absolute Gasteiger partial charge is 0.198 e. The predicted octanol–water partition coefficient (Wildman–Crippen LogP) is 5.53. The third-order valence-electron chi connectivity index (χ3n) is 3.19. The van der Waals surface area contributed by atoms with Crippen LogP contribution in [0.4, 0.5) is 0 Å². The van der Waals surface area contributed by atoms with Crippen LogP contribution in [0.1, 0.15) is 62.9 Å². The summed E-state index contributed by atoms with van der Waals surface area (Å²) in [7, 11) is 0. The lowest BCUT2D eigenvalue weighted by Crippen LogP contribution is -2.26. The first-order chi connectivity index (χ1) is 8.68. The summed E-state index contributed by atoms with van der Waals surface area (Å²) in [5.74, 6) is -0.204. The number of hydrogen-bond donors (Lipinski definition) is 0. The van der Waals surface area contributed by atoms with Crippen LogP contribution in [0.3, 0.4) is 0 Å². The molecule has 19 heavy (non-hydrogen) atoms. The van der Waals surface area contributed by atoms with Crippen LogP contribution in [0.5, 0.6) is 0 Å². The molecule has 0 unspecified atom stereocenters. The van der Waals surface area contributed by atoms with Crippen LogP contribution in [-0.4, -0.2) is 10.1 Å². The summed E-state index contributed by atoms with van der Waals surface area (Å²) in [5.41, 5.74) is 1.84. The van der Waals surface area contributed by atoms with Gasteiger partial charge in [0.15, 0.2) is 10.1 Å². The Hall–Kier alpha value is -0.530. The van der Waals surface area contributed by atoms with Crippen LogP contribution in [0.2, 0.25) is 0 Å². The van der Waals surface area contributed by atoms with Crippen molar-refractivity contribution in [3.63, 3.8) is 0 Å². The van der Waals surface area contributed by atoms with Crippen LogP contribution >= 0.6 is 23.2 Å². The highest BCUT2D eigenvalue weighted by atomic mass is 35.5. The topological polar surface area (TPSA) is 17.1 Å². The van der Waals surface area contributed by atoms with Gasteiger partial charge in [0, 0.05) is 5.56 Å². The summed E-state index contributed by atoms with van der Waals surface area (Å²) in [4.78, 5) is 12.3. The Labute approximate surface area is 126 Å². The van der Waals surface area contributed by atoms with E-state index in [1.807, 2.05) is 31.2 Å². The normalized spacial score (nSPS) is 12.5. The number of hydrogen-bond acceptors (Lipinski definition) is 1. The fraction of sp³-hybridized carbons (Fsp3) is 0.562. The van der Waals surface area contributed by atoms with E-state index >= 15 is 0 Å². The number of carbonyl (C=O) groups excluding carboxylic acids is 1. The highest BCUT2D eigenvalue weighted by molar-refractivity contribution is 6.59. The van der Waals surface area contributed by atoms with Gasteiger partial charge in [0.1, 0.15) is 0 Å². The lowest BCUT2D eigenvalue weighted by atomic mass is 9.86. The second kappa shape index (κ2) is 6.28. The molecular weight excluding hydrogens is 279 g/mol. The Bertz CT molecular complexity index is 427. The zero-order valence-corrected chi connectivity index (χ0v) is 13.6. The average molecular weight is 301 g/mol. The van der Waals surface area contributed by atoms with Gasteiger partial charge in [0.2, 0.25) is 0 Å². The molecule has 0 aromatic heterocycles. The van der Waals surface area contributed by atoms with Crippen LogP contribution in [0, 0.1) is 0 Å². The van der Waals surface area contributed by atoms with Gasteiger partial charge in [-0.3, -0.25) is 4.79 Å². The minimum Gasteiger partial charge on any atom is -0.291 e. The molecule has 0 aliphatic rings. The number of ketones is 1. The number of halogens is 2. The van der Waals surface area contributed by atoms with Gasteiger partial charge in [0.05, 0.1) is 0 Å². The van der Waals surface area contributed by atoms with E-state index in [1.54, 1.807) is 0 Å². The molecule has 0 radical (unpaired) electrons. The van der Waals surface area contributed by atoms with Gasteiger partial charge in [-0.15, -0.1) is 0 Å². The Morgan fingerprint density at radius 1 is 1.11 bits per heavy atom. The van der Waals surface area contributed by atoms with Gasteiger partial charge in [-0.2, -0.15) is 0 Å². The fourth-order valence-electron chi connectivity index (χ4n) is 1.85. The van der Waals surface area contributed by atoms with E-state index in [0.29, 0.717) is 12.0 Å². The Morgan fingerprint density at radius 2 is 1.63 bits per heavy atom. The lowest BCUT2D eigenvalue weighted by molar-refractivity contribution is 0.0968. The van der Waals surface area contributed by atoms with Crippen molar-refractivity contribution < 1.29 is 4.79 Å². The molecule has 1 aromatic carbocycles. The van der Waals surface area contributed by atoms with Gasteiger partial charge < -0.3 is 0 Å². The number of rotatable bonds is 5. The predicted molar refractivity (Wildman–Crippen MR) is 83.4 cm³/mol. The summed E-state index contributed by atoms with van der Waals surface area (Å²) in [6, 6.07) is 7.57. The monoisotopic (exact) mass is 300 g/mol. The summed E-state index contributed by atoms with van der Waals surface area (Å²) in [5, 5.41) is 0. The molecule has 0 spiro atoms. The third-order valence-corrected chi connectivity index (χ3v) is 3.91. The fourth-order valence-corrected chi connectivity index (χ4v) is 2.33. The highest BCUT2D eigenvalue weighted by Crippen LogP contribution is 2.32. The first-order valence-corrected chi connectivity index (χ1v) is 7.47. The third kappa shape index (κ3) is 4.50. The molecule has 0 fully saturated rings. The van der Waals surface area contributed by atoms with Crippen molar-refractivity contribution in [2.45, 2.75) is 56.7 Å². The van der Waals surface area contributed by atoms with Gasteiger partial charge in [-0.05, 0) is 17.4 Å². The van der Waals surface area contributed by atoms with Crippen molar-refractivity contribution in [2.24, 2.45) is 0 Å². The van der Waals surface area contributed by atoms with Crippen LogP contribution < -0.4 is 0 Å². The van der Waals surface area contributed by atoms with Crippen LogP contribution in [0.15, 0.2) is 24.3 Å². The number of unbranched alkanes of at least 4 members (excludes halogenated alkanes) is 1. The largest absolute Gasteiger partial charge is 0.291 e.